The van der Waals surface area contributed by atoms with Crippen LogP contribution in [0.4, 0.5) is 8.78 Å². The minimum atomic E-state index is -0.694. The van der Waals surface area contributed by atoms with E-state index >= 15 is 0 Å². The lowest BCUT2D eigenvalue weighted by molar-refractivity contribution is 0.394. The molecule has 0 spiro atoms. The van der Waals surface area contributed by atoms with E-state index in [-0.39, 0.29) is 0 Å². The smallest absolute Gasteiger partial charge is 0.126 e. The third-order valence-corrected chi connectivity index (χ3v) is 2.25. The van der Waals surface area contributed by atoms with Crippen LogP contribution in [0.15, 0.2) is 18.2 Å². The van der Waals surface area contributed by atoms with Crippen molar-refractivity contribution < 1.29 is 8.78 Å². The summed E-state index contributed by atoms with van der Waals surface area (Å²) in [7, 11) is 3.82. The topological polar surface area (TPSA) is 39.1 Å². The van der Waals surface area contributed by atoms with Crippen LogP contribution in [0.1, 0.15) is 11.6 Å². The molecule has 0 bridgehead atoms. The van der Waals surface area contributed by atoms with Gasteiger partial charge in [0.15, 0.2) is 0 Å². The fourth-order valence-electron chi connectivity index (χ4n) is 1.41. The zero-order valence-corrected chi connectivity index (χ0v) is 9.87. The average molecular weight is 239 g/mol. The van der Waals surface area contributed by atoms with Gasteiger partial charge in [-0.25, -0.2) is 8.78 Å². The Labute approximate surface area is 99.7 Å². The van der Waals surface area contributed by atoms with Crippen molar-refractivity contribution in [2.75, 3.05) is 27.2 Å². The predicted octanol–water partition coefficient (Wildman–Crippen LogP) is 1.68. The zero-order chi connectivity index (χ0) is 12.8. The van der Waals surface area contributed by atoms with Gasteiger partial charge in [-0.15, -0.1) is 0 Å². The summed E-state index contributed by atoms with van der Waals surface area (Å²) in [5.74, 6) is -1.34. The summed E-state index contributed by atoms with van der Waals surface area (Å²) in [4.78, 5) is 1.95. The normalized spacial score (nSPS) is 12.5. The Morgan fingerprint density at radius 1 is 1.29 bits per heavy atom. The van der Waals surface area contributed by atoms with Gasteiger partial charge in [-0.3, -0.25) is 5.32 Å². The van der Waals surface area contributed by atoms with Gasteiger partial charge in [0.1, 0.15) is 17.7 Å². The summed E-state index contributed by atoms with van der Waals surface area (Å²) >= 11 is 0. The van der Waals surface area contributed by atoms with Crippen LogP contribution >= 0.6 is 0 Å². The van der Waals surface area contributed by atoms with Crippen molar-refractivity contribution >= 4 is 0 Å². The number of hydrogen-bond acceptors (Lipinski definition) is 3. The Kier molecular flexibility index (Phi) is 5.01. The minimum Gasteiger partial charge on any atom is -0.308 e. The first-order valence-corrected chi connectivity index (χ1v) is 5.26. The second kappa shape index (κ2) is 6.28. The first-order chi connectivity index (χ1) is 8.02. The quantitative estimate of drug-likeness (QED) is 0.849. The number of nitrogens with one attached hydrogen (secondary N) is 1. The molecule has 0 aliphatic heterocycles. The monoisotopic (exact) mass is 239 g/mol. The molecule has 0 saturated carbocycles. The molecule has 5 heteroatoms. The van der Waals surface area contributed by atoms with Crippen LogP contribution in [0, 0.1) is 23.0 Å². The van der Waals surface area contributed by atoms with E-state index in [0.717, 1.165) is 12.6 Å². The summed E-state index contributed by atoms with van der Waals surface area (Å²) < 4.78 is 26.0. The highest BCUT2D eigenvalue weighted by Gasteiger charge is 2.12. The Bertz CT molecular complexity index is 392. The largest absolute Gasteiger partial charge is 0.308 e. The van der Waals surface area contributed by atoms with Crippen molar-refractivity contribution in [2.45, 2.75) is 6.04 Å². The Morgan fingerprint density at radius 3 is 2.35 bits per heavy atom. The molecule has 3 nitrogen and oxygen atoms in total. The van der Waals surface area contributed by atoms with E-state index in [9.17, 15) is 8.78 Å². The minimum absolute atomic E-state index is 0.309. The van der Waals surface area contributed by atoms with Crippen LogP contribution < -0.4 is 5.32 Å². The number of nitriles is 1. The van der Waals surface area contributed by atoms with Crippen LogP contribution in [0.5, 0.6) is 0 Å². The molecule has 0 radical (unpaired) electrons. The summed E-state index contributed by atoms with van der Waals surface area (Å²) in [5.41, 5.74) is 0.309. The third kappa shape index (κ3) is 4.47. The number of nitrogens with zero attached hydrogens (tertiary/aromatic N) is 2. The van der Waals surface area contributed by atoms with Crippen LogP contribution in [-0.2, 0) is 0 Å². The maximum absolute atomic E-state index is 13.0. The molecule has 0 fully saturated rings. The van der Waals surface area contributed by atoms with Crippen LogP contribution in [-0.4, -0.2) is 32.1 Å². The lowest BCUT2D eigenvalue weighted by Crippen LogP contribution is -2.29. The van der Waals surface area contributed by atoms with Crippen LogP contribution in [0.3, 0.4) is 0 Å². The maximum Gasteiger partial charge on any atom is 0.126 e. The maximum atomic E-state index is 13.0. The van der Waals surface area contributed by atoms with Gasteiger partial charge in [0.2, 0.25) is 0 Å². The van der Waals surface area contributed by atoms with E-state index in [4.69, 9.17) is 5.26 Å². The highest BCUT2D eigenvalue weighted by atomic mass is 19.1. The van der Waals surface area contributed by atoms with Crippen LogP contribution in [0.2, 0.25) is 0 Å². The van der Waals surface area contributed by atoms with Crippen molar-refractivity contribution in [1.29, 1.82) is 5.26 Å². The van der Waals surface area contributed by atoms with E-state index in [0.29, 0.717) is 12.1 Å². The standard InChI is InChI=1S/C12H15F2N3/c1-17(2)4-3-16-12(8-15)9-5-10(13)7-11(14)6-9/h5-7,12,16H,3-4H2,1-2H3. The van der Waals surface area contributed by atoms with Crippen molar-refractivity contribution in [2.24, 2.45) is 0 Å². The van der Waals surface area contributed by atoms with Crippen molar-refractivity contribution in [1.82, 2.24) is 10.2 Å². The van der Waals surface area contributed by atoms with E-state index < -0.39 is 17.7 Å². The molecular weight excluding hydrogens is 224 g/mol. The number of hydrogen-bond donors (Lipinski definition) is 1. The van der Waals surface area contributed by atoms with Gasteiger partial charge in [0.25, 0.3) is 0 Å². The van der Waals surface area contributed by atoms with E-state index in [1.54, 1.807) is 0 Å². The molecule has 0 heterocycles. The lowest BCUT2D eigenvalue weighted by Gasteiger charge is -2.14. The molecule has 0 amide bonds. The fourth-order valence-corrected chi connectivity index (χ4v) is 1.41. The molecule has 17 heavy (non-hydrogen) atoms. The van der Waals surface area contributed by atoms with Crippen molar-refractivity contribution in [3.05, 3.63) is 35.4 Å². The number of halogens is 2. The van der Waals surface area contributed by atoms with Gasteiger partial charge in [0.05, 0.1) is 6.07 Å². The summed E-state index contributed by atoms with van der Waals surface area (Å²) in [5, 5.41) is 11.9. The van der Waals surface area contributed by atoms with Gasteiger partial charge in [-0.2, -0.15) is 5.26 Å². The first kappa shape index (κ1) is 13.6. The lowest BCUT2D eigenvalue weighted by atomic mass is 10.1. The molecule has 1 aromatic rings. The van der Waals surface area contributed by atoms with Gasteiger partial charge in [-0.05, 0) is 31.8 Å². The SMILES string of the molecule is CN(C)CCNC(C#N)c1cc(F)cc(F)c1. The predicted molar refractivity (Wildman–Crippen MR) is 61.3 cm³/mol. The molecule has 92 valence electrons. The van der Waals surface area contributed by atoms with Gasteiger partial charge >= 0.3 is 0 Å². The average Bonchev–Trinajstić information content (AvgIpc) is 2.22. The molecule has 1 aromatic carbocycles. The third-order valence-electron chi connectivity index (χ3n) is 2.25. The molecule has 0 aliphatic rings. The highest BCUT2D eigenvalue weighted by molar-refractivity contribution is 5.25. The van der Waals surface area contributed by atoms with E-state index in [1.165, 1.54) is 12.1 Å². The molecule has 1 atom stereocenters. The highest BCUT2D eigenvalue weighted by Crippen LogP contribution is 2.15. The second-order valence-electron chi connectivity index (χ2n) is 4.02. The molecule has 0 saturated heterocycles. The molecule has 0 aliphatic carbocycles. The second-order valence-corrected chi connectivity index (χ2v) is 4.02. The number of benzene rings is 1. The molecule has 1 N–H and O–H groups in total. The number of rotatable bonds is 5. The zero-order valence-electron chi connectivity index (χ0n) is 9.87. The van der Waals surface area contributed by atoms with E-state index in [1.807, 2.05) is 25.1 Å². The first-order valence-electron chi connectivity index (χ1n) is 5.26. The molecular formula is C12H15F2N3. The Morgan fingerprint density at radius 2 is 1.88 bits per heavy atom. The summed E-state index contributed by atoms with van der Waals surface area (Å²) in [6, 6.07) is 4.41. The van der Waals surface area contributed by atoms with E-state index in [2.05, 4.69) is 5.32 Å². The Hall–Kier alpha value is -1.51. The number of likely N-dealkylation sites (N-methyl/N-ethyl adjacent to an activating group) is 1. The van der Waals surface area contributed by atoms with Crippen LogP contribution in [0.25, 0.3) is 0 Å². The van der Waals surface area contributed by atoms with Crippen molar-refractivity contribution in [3.8, 4) is 6.07 Å². The van der Waals surface area contributed by atoms with Gasteiger partial charge in [0, 0.05) is 19.2 Å². The molecule has 0 aromatic heterocycles. The molecule has 1 unspecified atom stereocenters. The Balaban J connectivity index is 2.70. The summed E-state index contributed by atoms with van der Waals surface area (Å²) in [6.07, 6.45) is 0. The molecule has 1 rings (SSSR count). The summed E-state index contributed by atoms with van der Waals surface area (Å²) in [6.45, 7) is 1.32. The van der Waals surface area contributed by atoms with Gasteiger partial charge < -0.3 is 4.90 Å². The van der Waals surface area contributed by atoms with Gasteiger partial charge in [-0.1, -0.05) is 0 Å². The van der Waals surface area contributed by atoms with Crippen molar-refractivity contribution in [3.63, 3.8) is 0 Å². The fraction of sp³-hybridized carbons (Fsp3) is 0.417.